The summed E-state index contributed by atoms with van der Waals surface area (Å²) in [5.41, 5.74) is 1.28. The molecule has 114 valence electrons. The first-order chi connectivity index (χ1) is 10.7. The van der Waals surface area contributed by atoms with Crippen LogP contribution in [0.2, 0.25) is 5.02 Å². The first kappa shape index (κ1) is 14.9. The summed E-state index contributed by atoms with van der Waals surface area (Å²) >= 11 is 6.16. The number of amides is 1. The van der Waals surface area contributed by atoms with Crippen LogP contribution in [-0.4, -0.2) is 12.5 Å². The normalized spacial score (nSPS) is 15.2. The van der Waals surface area contributed by atoms with E-state index < -0.39 is 5.41 Å². The summed E-state index contributed by atoms with van der Waals surface area (Å²) in [6, 6.07) is 15.3. The zero-order valence-electron chi connectivity index (χ0n) is 12.4. The van der Waals surface area contributed by atoms with Gasteiger partial charge in [0.25, 0.3) is 0 Å². The third-order valence-corrected chi connectivity index (χ3v) is 4.31. The van der Waals surface area contributed by atoms with Gasteiger partial charge in [-0.3, -0.25) is 4.79 Å². The Kier molecular flexibility index (Phi) is 4.08. The molecule has 0 atom stereocenters. The maximum Gasteiger partial charge on any atom is 0.235 e. The van der Waals surface area contributed by atoms with E-state index in [0.29, 0.717) is 23.1 Å². The summed E-state index contributed by atoms with van der Waals surface area (Å²) in [4.78, 5) is 12.8. The third-order valence-electron chi connectivity index (χ3n) is 4.01. The molecule has 1 saturated carbocycles. The average molecular weight is 316 g/mol. The molecule has 4 heteroatoms. The van der Waals surface area contributed by atoms with E-state index >= 15 is 0 Å². The Morgan fingerprint density at radius 2 is 1.91 bits per heavy atom. The summed E-state index contributed by atoms with van der Waals surface area (Å²) < 4.78 is 5.56. The molecule has 1 N–H and O–H groups in total. The molecule has 0 aliphatic heterocycles. The molecule has 0 unspecified atom stereocenters. The number of carbonyl (C=O) groups excluding carboxylic acids is 1. The average Bonchev–Trinajstić information content (AvgIpc) is 3.33. The number of hydrogen-bond donors (Lipinski definition) is 1. The minimum atomic E-state index is -0.410. The molecule has 1 amide bonds. The van der Waals surface area contributed by atoms with Crippen molar-refractivity contribution in [1.82, 2.24) is 0 Å². The predicted octanol–water partition coefficient (Wildman–Crippen LogP) is 4.41. The van der Waals surface area contributed by atoms with Crippen molar-refractivity contribution in [3.05, 3.63) is 59.1 Å². The highest BCUT2D eigenvalue weighted by atomic mass is 35.5. The second-order valence-corrected chi connectivity index (χ2v) is 5.86. The zero-order chi connectivity index (χ0) is 15.6. The van der Waals surface area contributed by atoms with Gasteiger partial charge in [-0.05, 0) is 37.5 Å². The van der Waals surface area contributed by atoms with Crippen LogP contribution < -0.4 is 10.1 Å². The van der Waals surface area contributed by atoms with Gasteiger partial charge in [-0.2, -0.15) is 0 Å². The summed E-state index contributed by atoms with van der Waals surface area (Å²) in [5.74, 6) is 0.533. The van der Waals surface area contributed by atoms with Crippen molar-refractivity contribution in [2.45, 2.75) is 25.2 Å². The van der Waals surface area contributed by atoms with Gasteiger partial charge in [-0.1, -0.05) is 48.0 Å². The van der Waals surface area contributed by atoms with Gasteiger partial charge in [-0.15, -0.1) is 0 Å². The monoisotopic (exact) mass is 315 g/mol. The summed E-state index contributed by atoms with van der Waals surface area (Å²) in [7, 11) is 0. The van der Waals surface area contributed by atoms with Crippen LogP contribution in [0.4, 0.5) is 5.69 Å². The molecule has 2 aromatic carbocycles. The number of anilines is 1. The Morgan fingerprint density at radius 1 is 1.18 bits per heavy atom. The quantitative estimate of drug-likeness (QED) is 0.887. The molecule has 1 fully saturated rings. The van der Waals surface area contributed by atoms with Gasteiger partial charge in [0.1, 0.15) is 0 Å². The highest BCUT2D eigenvalue weighted by molar-refractivity contribution is 6.32. The number of para-hydroxylation sites is 1. The van der Waals surface area contributed by atoms with Gasteiger partial charge in [-0.25, -0.2) is 0 Å². The number of carbonyl (C=O) groups is 1. The van der Waals surface area contributed by atoms with E-state index in [1.54, 1.807) is 6.07 Å². The standard InChI is InChI=1S/C18H18ClNO2/c1-2-22-16-14(19)9-6-10-15(16)20-17(21)18(11-12-18)13-7-4-3-5-8-13/h3-10H,2,11-12H2,1H3,(H,20,21). The first-order valence-corrected chi connectivity index (χ1v) is 7.83. The lowest BCUT2D eigenvalue weighted by atomic mass is 9.95. The maximum absolute atomic E-state index is 12.8. The molecule has 3 nitrogen and oxygen atoms in total. The number of rotatable bonds is 5. The van der Waals surface area contributed by atoms with Gasteiger partial charge in [0.2, 0.25) is 5.91 Å². The smallest absolute Gasteiger partial charge is 0.235 e. The molecule has 22 heavy (non-hydrogen) atoms. The molecule has 0 spiro atoms. The second-order valence-electron chi connectivity index (χ2n) is 5.45. The van der Waals surface area contributed by atoms with Crippen molar-refractivity contribution in [1.29, 1.82) is 0 Å². The lowest BCUT2D eigenvalue weighted by Gasteiger charge is -2.18. The minimum absolute atomic E-state index is 0.00178. The summed E-state index contributed by atoms with van der Waals surface area (Å²) in [5, 5.41) is 3.49. The van der Waals surface area contributed by atoms with Gasteiger partial charge in [0, 0.05) is 0 Å². The van der Waals surface area contributed by atoms with Crippen LogP contribution in [-0.2, 0) is 10.2 Å². The Hall–Kier alpha value is -2.00. The van der Waals surface area contributed by atoms with Crippen LogP contribution in [0.15, 0.2) is 48.5 Å². The Bertz CT molecular complexity index is 681. The van der Waals surface area contributed by atoms with Crippen LogP contribution in [0, 0.1) is 0 Å². The molecule has 0 radical (unpaired) electrons. The van der Waals surface area contributed by atoms with E-state index in [-0.39, 0.29) is 5.91 Å². The maximum atomic E-state index is 12.8. The van der Waals surface area contributed by atoms with E-state index in [1.807, 2.05) is 49.4 Å². The summed E-state index contributed by atoms with van der Waals surface area (Å²) in [6.45, 7) is 2.39. The van der Waals surface area contributed by atoms with Gasteiger partial charge in [0.05, 0.1) is 22.7 Å². The molecule has 0 heterocycles. The topological polar surface area (TPSA) is 38.3 Å². The number of benzene rings is 2. The molecular weight excluding hydrogens is 298 g/mol. The van der Waals surface area contributed by atoms with Gasteiger partial charge in [0.15, 0.2) is 5.75 Å². The third kappa shape index (κ3) is 2.69. The highest BCUT2D eigenvalue weighted by Gasteiger charge is 2.51. The molecule has 1 aliphatic rings. The number of hydrogen-bond acceptors (Lipinski definition) is 2. The van der Waals surface area contributed by atoms with E-state index in [4.69, 9.17) is 16.3 Å². The number of halogens is 1. The van der Waals surface area contributed by atoms with Crippen molar-refractivity contribution in [2.24, 2.45) is 0 Å². The molecule has 0 aromatic heterocycles. The van der Waals surface area contributed by atoms with Gasteiger partial charge >= 0.3 is 0 Å². The van der Waals surface area contributed by atoms with Crippen LogP contribution in [0.3, 0.4) is 0 Å². The lowest BCUT2D eigenvalue weighted by Crippen LogP contribution is -2.28. The summed E-state index contributed by atoms with van der Waals surface area (Å²) in [6.07, 6.45) is 1.74. The van der Waals surface area contributed by atoms with Crippen molar-refractivity contribution >= 4 is 23.2 Å². The van der Waals surface area contributed by atoms with E-state index in [1.165, 1.54) is 0 Å². The van der Waals surface area contributed by atoms with E-state index in [2.05, 4.69) is 5.32 Å². The zero-order valence-corrected chi connectivity index (χ0v) is 13.2. The molecular formula is C18H18ClNO2. The van der Waals surface area contributed by atoms with E-state index in [0.717, 1.165) is 18.4 Å². The van der Waals surface area contributed by atoms with Crippen molar-refractivity contribution in [3.63, 3.8) is 0 Å². The van der Waals surface area contributed by atoms with Crippen molar-refractivity contribution in [2.75, 3.05) is 11.9 Å². The van der Waals surface area contributed by atoms with Crippen LogP contribution in [0.25, 0.3) is 0 Å². The SMILES string of the molecule is CCOc1c(Cl)cccc1NC(=O)C1(c2ccccc2)CC1. The molecule has 1 aliphatic carbocycles. The Morgan fingerprint density at radius 3 is 2.55 bits per heavy atom. The number of ether oxygens (including phenoxy) is 1. The van der Waals surface area contributed by atoms with Crippen molar-refractivity contribution in [3.8, 4) is 5.75 Å². The van der Waals surface area contributed by atoms with E-state index in [9.17, 15) is 4.79 Å². The van der Waals surface area contributed by atoms with Crippen LogP contribution in [0.1, 0.15) is 25.3 Å². The van der Waals surface area contributed by atoms with Crippen LogP contribution >= 0.6 is 11.6 Å². The second kappa shape index (κ2) is 6.01. The molecule has 2 aromatic rings. The molecule has 0 saturated heterocycles. The van der Waals surface area contributed by atoms with Crippen LogP contribution in [0.5, 0.6) is 5.75 Å². The minimum Gasteiger partial charge on any atom is -0.490 e. The fraction of sp³-hybridized carbons (Fsp3) is 0.278. The fourth-order valence-electron chi connectivity index (χ4n) is 2.67. The number of nitrogens with one attached hydrogen (secondary N) is 1. The van der Waals surface area contributed by atoms with Crippen molar-refractivity contribution < 1.29 is 9.53 Å². The largest absolute Gasteiger partial charge is 0.490 e. The highest BCUT2D eigenvalue weighted by Crippen LogP contribution is 2.49. The first-order valence-electron chi connectivity index (χ1n) is 7.45. The predicted molar refractivity (Wildman–Crippen MR) is 88.6 cm³/mol. The fourth-order valence-corrected chi connectivity index (χ4v) is 2.90. The molecule has 3 rings (SSSR count). The Labute approximate surface area is 135 Å². The Balaban J connectivity index is 1.85. The molecule has 0 bridgehead atoms. The lowest BCUT2D eigenvalue weighted by molar-refractivity contribution is -0.118. The van der Waals surface area contributed by atoms with Gasteiger partial charge < -0.3 is 10.1 Å².